The first-order valence-electron chi connectivity index (χ1n) is 12.2. The van der Waals surface area contributed by atoms with Gasteiger partial charge in [-0.2, -0.15) is 5.10 Å². The van der Waals surface area contributed by atoms with Crippen molar-refractivity contribution in [1.29, 1.82) is 0 Å². The molecule has 10 nitrogen and oxygen atoms in total. The third-order valence-corrected chi connectivity index (χ3v) is 6.28. The van der Waals surface area contributed by atoms with Crippen LogP contribution in [0.1, 0.15) is 23.2 Å². The van der Waals surface area contributed by atoms with Crippen LogP contribution in [-0.4, -0.2) is 68.4 Å². The lowest BCUT2D eigenvalue weighted by Gasteiger charge is -2.34. The molecule has 1 fully saturated rings. The van der Waals surface area contributed by atoms with Crippen LogP contribution >= 0.6 is 0 Å². The normalized spacial score (nSPS) is 13.5. The Hall–Kier alpha value is -4.60. The van der Waals surface area contributed by atoms with E-state index in [9.17, 15) is 14.4 Å². The molecular weight excluding hydrogens is 470 g/mol. The predicted molar refractivity (Wildman–Crippen MR) is 139 cm³/mol. The van der Waals surface area contributed by atoms with E-state index in [2.05, 4.69) is 25.3 Å². The highest BCUT2D eigenvalue weighted by atomic mass is 16.2. The molecule has 37 heavy (non-hydrogen) atoms. The van der Waals surface area contributed by atoms with Crippen molar-refractivity contribution >= 4 is 40.1 Å². The van der Waals surface area contributed by atoms with Gasteiger partial charge in [-0.1, -0.05) is 48.5 Å². The summed E-state index contributed by atoms with van der Waals surface area (Å²) >= 11 is 0. The lowest BCUT2D eigenvalue weighted by molar-refractivity contribution is -0.132. The zero-order valence-electron chi connectivity index (χ0n) is 20.3. The molecule has 1 aliphatic rings. The van der Waals surface area contributed by atoms with Crippen molar-refractivity contribution in [2.45, 2.75) is 19.4 Å². The van der Waals surface area contributed by atoms with Gasteiger partial charge in [0.05, 0.1) is 17.4 Å². The monoisotopic (exact) mass is 497 g/mol. The van der Waals surface area contributed by atoms with E-state index in [4.69, 9.17) is 0 Å². The molecule has 0 spiro atoms. The maximum absolute atomic E-state index is 12.8. The third kappa shape index (κ3) is 5.97. The molecule has 1 saturated heterocycles. The van der Waals surface area contributed by atoms with Crippen LogP contribution in [0.25, 0.3) is 10.9 Å². The number of amides is 2. The number of Topliss-reactive ketones (excluding diaryl/α,β-unsaturated/α-hetero) is 1. The highest BCUT2D eigenvalue weighted by Crippen LogP contribution is 2.17. The highest BCUT2D eigenvalue weighted by Gasteiger charge is 2.23. The number of piperazine rings is 1. The van der Waals surface area contributed by atoms with Gasteiger partial charge < -0.3 is 15.1 Å². The van der Waals surface area contributed by atoms with Gasteiger partial charge in [0, 0.05) is 62.4 Å². The van der Waals surface area contributed by atoms with Crippen LogP contribution in [-0.2, 0) is 16.1 Å². The Labute approximate surface area is 213 Å². The van der Waals surface area contributed by atoms with Gasteiger partial charge in [-0.3, -0.25) is 19.1 Å². The van der Waals surface area contributed by atoms with Gasteiger partial charge in [0.25, 0.3) is 0 Å². The molecular formula is C27H27N7O3. The molecule has 0 bridgehead atoms. The molecule has 4 aromatic rings. The largest absolute Gasteiger partial charge is 0.338 e. The minimum absolute atomic E-state index is 0.0477. The van der Waals surface area contributed by atoms with Crippen molar-refractivity contribution in [2.75, 3.05) is 36.4 Å². The lowest BCUT2D eigenvalue weighted by atomic mass is 10.1. The van der Waals surface area contributed by atoms with E-state index in [1.54, 1.807) is 35.4 Å². The van der Waals surface area contributed by atoms with Crippen molar-refractivity contribution in [3.05, 3.63) is 78.8 Å². The second kappa shape index (κ2) is 11.0. The second-order valence-corrected chi connectivity index (χ2v) is 8.86. The zero-order valence-corrected chi connectivity index (χ0v) is 20.3. The van der Waals surface area contributed by atoms with Crippen LogP contribution in [0.4, 0.5) is 11.6 Å². The van der Waals surface area contributed by atoms with E-state index in [-0.39, 0.29) is 37.0 Å². The van der Waals surface area contributed by atoms with Crippen LogP contribution in [0.15, 0.2) is 73.2 Å². The van der Waals surface area contributed by atoms with Crippen molar-refractivity contribution in [2.24, 2.45) is 0 Å². The number of anilines is 2. The number of aromatic nitrogens is 4. The van der Waals surface area contributed by atoms with Gasteiger partial charge in [0.1, 0.15) is 6.54 Å². The van der Waals surface area contributed by atoms with Crippen molar-refractivity contribution in [3.63, 3.8) is 0 Å². The first kappa shape index (κ1) is 24.1. The molecule has 2 aromatic carbocycles. The topological polar surface area (TPSA) is 113 Å². The molecule has 3 heterocycles. The fourth-order valence-corrected chi connectivity index (χ4v) is 4.24. The second-order valence-electron chi connectivity index (χ2n) is 8.86. The Morgan fingerprint density at radius 2 is 1.62 bits per heavy atom. The average Bonchev–Trinajstić information content (AvgIpc) is 3.38. The van der Waals surface area contributed by atoms with Crippen LogP contribution < -0.4 is 10.2 Å². The molecule has 188 valence electrons. The Balaban J connectivity index is 1.08. The fourth-order valence-electron chi connectivity index (χ4n) is 4.24. The van der Waals surface area contributed by atoms with Gasteiger partial charge in [0.2, 0.25) is 17.8 Å². The van der Waals surface area contributed by atoms with Crippen LogP contribution in [0.3, 0.4) is 0 Å². The highest BCUT2D eigenvalue weighted by molar-refractivity contribution is 5.99. The molecule has 5 rings (SSSR count). The summed E-state index contributed by atoms with van der Waals surface area (Å²) < 4.78 is 1.51. The number of nitrogens with zero attached hydrogens (tertiary/aromatic N) is 6. The number of ketones is 1. The standard InChI is InChI=1S/C27H27N7O3/c35-24(20-6-2-1-3-7-20)10-11-25(36)30-22-17-29-34(18-22)19-26(37)32-12-14-33(15-13-32)27-28-16-21-8-4-5-9-23(21)31-27/h1-9,16-18H,10-15,19H2,(H,30,36). The van der Waals surface area contributed by atoms with Crippen LogP contribution in [0.2, 0.25) is 0 Å². The number of benzene rings is 2. The quantitative estimate of drug-likeness (QED) is 0.373. The first-order chi connectivity index (χ1) is 18.0. The number of rotatable bonds is 8. The summed E-state index contributed by atoms with van der Waals surface area (Å²) in [5.74, 6) is 0.267. The summed E-state index contributed by atoms with van der Waals surface area (Å²) in [6, 6.07) is 16.8. The summed E-state index contributed by atoms with van der Waals surface area (Å²) in [6.45, 7) is 2.50. The van der Waals surface area contributed by atoms with E-state index in [0.29, 0.717) is 43.4 Å². The Kier molecular flexibility index (Phi) is 7.16. The Bertz CT molecular complexity index is 1410. The molecule has 10 heteroatoms. The third-order valence-electron chi connectivity index (χ3n) is 6.28. The number of hydrogen-bond acceptors (Lipinski definition) is 7. The van der Waals surface area contributed by atoms with Crippen molar-refractivity contribution in [1.82, 2.24) is 24.6 Å². The molecule has 2 amide bonds. The maximum atomic E-state index is 12.8. The minimum atomic E-state index is -0.276. The smallest absolute Gasteiger partial charge is 0.244 e. The number of fused-ring (bicyclic) bond motifs is 1. The van der Waals surface area contributed by atoms with Crippen LogP contribution in [0, 0.1) is 0 Å². The zero-order chi connectivity index (χ0) is 25.6. The molecule has 1 N–H and O–H groups in total. The first-order valence-corrected chi connectivity index (χ1v) is 12.2. The summed E-state index contributed by atoms with van der Waals surface area (Å²) in [7, 11) is 0. The summed E-state index contributed by atoms with van der Waals surface area (Å²) in [5.41, 5.74) is 1.98. The van der Waals surface area contributed by atoms with Crippen LogP contribution in [0.5, 0.6) is 0 Å². The van der Waals surface area contributed by atoms with E-state index in [1.165, 1.54) is 10.9 Å². The number of carbonyl (C=O) groups is 3. The van der Waals surface area contributed by atoms with Crippen molar-refractivity contribution < 1.29 is 14.4 Å². The fraction of sp³-hybridized carbons (Fsp3) is 0.259. The molecule has 0 saturated carbocycles. The lowest BCUT2D eigenvalue weighted by Crippen LogP contribution is -2.50. The SMILES string of the molecule is O=C(CCC(=O)c1ccccc1)Nc1cnn(CC(=O)N2CCN(c3ncc4ccccc4n3)CC2)c1. The van der Waals surface area contributed by atoms with E-state index in [1.807, 2.05) is 36.5 Å². The van der Waals surface area contributed by atoms with Gasteiger partial charge in [-0.15, -0.1) is 0 Å². The van der Waals surface area contributed by atoms with Gasteiger partial charge >= 0.3 is 0 Å². The molecule has 0 radical (unpaired) electrons. The summed E-state index contributed by atoms with van der Waals surface area (Å²) in [5, 5.41) is 7.93. The minimum Gasteiger partial charge on any atom is -0.338 e. The van der Waals surface area contributed by atoms with E-state index < -0.39 is 0 Å². The Morgan fingerprint density at radius 1 is 0.865 bits per heavy atom. The number of nitrogens with one attached hydrogen (secondary N) is 1. The number of hydrogen-bond donors (Lipinski definition) is 1. The molecule has 1 aliphatic heterocycles. The summed E-state index contributed by atoms with van der Waals surface area (Å²) in [4.78, 5) is 50.3. The van der Waals surface area contributed by atoms with E-state index >= 15 is 0 Å². The predicted octanol–water partition coefficient (Wildman–Crippen LogP) is 2.78. The average molecular weight is 498 g/mol. The van der Waals surface area contributed by atoms with Gasteiger partial charge in [-0.05, 0) is 6.07 Å². The molecule has 0 aliphatic carbocycles. The molecule has 2 aromatic heterocycles. The number of carbonyl (C=O) groups excluding carboxylic acids is 3. The van der Waals surface area contributed by atoms with Gasteiger partial charge in [-0.25, -0.2) is 9.97 Å². The molecule has 0 atom stereocenters. The molecule has 0 unspecified atom stereocenters. The Morgan fingerprint density at radius 3 is 2.43 bits per heavy atom. The maximum Gasteiger partial charge on any atom is 0.244 e. The van der Waals surface area contributed by atoms with E-state index in [0.717, 1.165) is 10.9 Å². The van der Waals surface area contributed by atoms with Crippen molar-refractivity contribution in [3.8, 4) is 0 Å². The summed E-state index contributed by atoms with van der Waals surface area (Å²) in [6.07, 6.45) is 5.14. The number of para-hydroxylation sites is 1. The van der Waals surface area contributed by atoms with Gasteiger partial charge in [0.15, 0.2) is 5.78 Å².